The Labute approximate surface area is 197 Å². The number of allylic oxidation sites excluding steroid dienone is 2. The standard InChI is InChI=1S/C30H48O2/c1-18-17-24(32)28(6)15-16-29(7)20(25(28)19(18)2)9-10-22-27(5)13-12-23(31)26(3,4)21(27)11-14-30(22,29)8/h17,19-23,25,31H,9-16H2,1-8H3/t19-,20-,21+,22-,23+,25+,27+,28+,29-,30-/m1/s1. The van der Waals surface area contributed by atoms with Crippen LogP contribution >= 0.6 is 0 Å². The van der Waals surface area contributed by atoms with Crippen LogP contribution in [0.3, 0.4) is 0 Å². The summed E-state index contributed by atoms with van der Waals surface area (Å²) in [7, 11) is 0. The second-order valence-corrected chi connectivity index (χ2v) is 14.5. The van der Waals surface area contributed by atoms with Gasteiger partial charge >= 0.3 is 0 Å². The first-order valence-electron chi connectivity index (χ1n) is 13.6. The lowest BCUT2D eigenvalue weighted by atomic mass is 9.31. The van der Waals surface area contributed by atoms with E-state index in [4.69, 9.17) is 0 Å². The molecular formula is C30H48O2. The second kappa shape index (κ2) is 6.73. The molecule has 32 heavy (non-hydrogen) atoms. The maximum atomic E-state index is 13.3. The third-order valence-electron chi connectivity index (χ3n) is 13.4. The summed E-state index contributed by atoms with van der Waals surface area (Å²) in [5.41, 5.74) is 2.13. The van der Waals surface area contributed by atoms with Crippen molar-refractivity contribution in [2.75, 3.05) is 0 Å². The lowest BCUT2D eigenvalue weighted by Crippen LogP contribution is -2.67. The fourth-order valence-electron chi connectivity index (χ4n) is 11.1. The molecule has 4 saturated carbocycles. The van der Waals surface area contributed by atoms with Crippen LogP contribution in [0, 0.1) is 56.7 Å². The zero-order chi connectivity index (χ0) is 23.5. The van der Waals surface area contributed by atoms with Crippen LogP contribution in [0.2, 0.25) is 0 Å². The molecule has 5 aliphatic rings. The summed E-state index contributed by atoms with van der Waals surface area (Å²) in [5, 5.41) is 10.9. The van der Waals surface area contributed by atoms with E-state index in [2.05, 4.69) is 55.4 Å². The average molecular weight is 441 g/mol. The van der Waals surface area contributed by atoms with Crippen molar-refractivity contribution >= 4 is 5.78 Å². The van der Waals surface area contributed by atoms with Crippen molar-refractivity contribution in [2.24, 2.45) is 56.7 Å². The quantitative estimate of drug-likeness (QED) is 0.432. The third-order valence-corrected chi connectivity index (χ3v) is 13.4. The molecule has 0 aliphatic heterocycles. The molecule has 0 aromatic rings. The highest BCUT2D eigenvalue weighted by Crippen LogP contribution is 2.76. The molecule has 10 atom stereocenters. The normalized spacial score (nSPS) is 56.9. The number of aliphatic hydroxyl groups excluding tert-OH is 1. The van der Waals surface area contributed by atoms with Gasteiger partial charge in [0.05, 0.1) is 6.10 Å². The summed E-state index contributed by atoms with van der Waals surface area (Å²) in [6.07, 6.45) is 11.4. The van der Waals surface area contributed by atoms with E-state index in [1.54, 1.807) is 0 Å². The summed E-state index contributed by atoms with van der Waals surface area (Å²) >= 11 is 0. The first-order chi connectivity index (χ1) is 14.7. The molecule has 0 heterocycles. The van der Waals surface area contributed by atoms with Crippen molar-refractivity contribution < 1.29 is 9.90 Å². The number of hydrogen-bond acceptors (Lipinski definition) is 2. The third kappa shape index (κ3) is 2.55. The topological polar surface area (TPSA) is 37.3 Å². The van der Waals surface area contributed by atoms with Crippen molar-refractivity contribution in [3.05, 3.63) is 11.6 Å². The Morgan fingerprint density at radius 1 is 0.844 bits per heavy atom. The van der Waals surface area contributed by atoms with Gasteiger partial charge in [-0.15, -0.1) is 0 Å². The lowest BCUT2D eigenvalue weighted by Gasteiger charge is -2.73. The smallest absolute Gasteiger partial charge is 0.161 e. The Morgan fingerprint density at radius 3 is 2.22 bits per heavy atom. The number of carbonyl (C=O) groups is 1. The largest absolute Gasteiger partial charge is 0.393 e. The van der Waals surface area contributed by atoms with E-state index in [1.165, 1.54) is 44.1 Å². The van der Waals surface area contributed by atoms with Gasteiger partial charge in [0.15, 0.2) is 5.78 Å². The first-order valence-corrected chi connectivity index (χ1v) is 13.6. The van der Waals surface area contributed by atoms with Crippen LogP contribution in [0.4, 0.5) is 0 Å². The van der Waals surface area contributed by atoms with Crippen LogP contribution in [0.1, 0.15) is 107 Å². The molecule has 5 aliphatic carbocycles. The predicted molar refractivity (Wildman–Crippen MR) is 131 cm³/mol. The van der Waals surface area contributed by atoms with Gasteiger partial charge in [0.1, 0.15) is 0 Å². The van der Waals surface area contributed by atoms with Gasteiger partial charge < -0.3 is 5.11 Å². The number of fused-ring (bicyclic) bond motifs is 7. The Morgan fingerprint density at radius 2 is 1.53 bits per heavy atom. The number of carbonyl (C=O) groups excluding carboxylic acids is 1. The number of ketones is 1. The van der Waals surface area contributed by atoms with Crippen LogP contribution < -0.4 is 0 Å². The minimum atomic E-state index is -0.162. The van der Waals surface area contributed by atoms with Crippen LogP contribution in [0.15, 0.2) is 11.6 Å². The summed E-state index contributed by atoms with van der Waals surface area (Å²) in [6.45, 7) is 19.5. The Kier molecular flexibility index (Phi) is 4.87. The van der Waals surface area contributed by atoms with Gasteiger partial charge in [0.2, 0.25) is 0 Å². The molecular weight excluding hydrogens is 392 g/mol. The molecule has 2 heteroatoms. The summed E-state index contributed by atoms with van der Waals surface area (Å²) in [5.74, 6) is 3.41. The predicted octanol–water partition coefficient (Wildman–Crippen LogP) is 7.20. The van der Waals surface area contributed by atoms with Crippen LogP contribution in [0.5, 0.6) is 0 Å². The Hall–Kier alpha value is -0.630. The Bertz CT molecular complexity index is 855. The summed E-state index contributed by atoms with van der Waals surface area (Å²) in [4.78, 5) is 13.3. The highest BCUT2D eigenvalue weighted by atomic mass is 16.3. The zero-order valence-electron chi connectivity index (χ0n) is 22.1. The minimum absolute atomic E-state index is 0.0173. The molecule has 2 nitrogen and oxygen atoms in total. The molecule has 5 rings (SSSR count). The first kappa shape index (κ1) is 23.1. The van der Waals surface area contributed by atoms with E-state index in [9.17, 15) is 9.90 Å². The number of hydrogen-bond donors (Lipinski definition) is 1. The van der Waals surface area contributed by atoms with Crippen molar-refractivity contribution in [3.8, 4) is 0 Å². The van der Waals surface area contributed by atoms with Gasteiger partial charge in [-0.05, 0) is 116 Å². The molecule has 0 aromatic carbocycles. The molecule has 180 valence electrons. The van der Waals surface area contributed by atoms with Crippen molar-refractivity contribution in [2.45, 2.75) is 113 Å². The van der Waals surface area contributed by atoms with Gasteiger partial charge in [-0.1, -0.05) is 54.0 Å². The van der Waals surface area contributed by atoms with Gasteiger partial charge in [-0.25, -0.2) is 0 Å². The molecule has 0 saturated heterocycles. The summed E-state index contributed by atoms with van der Waals surface area (Å²) in [6, 6.07) is 0. The monoisotopic (exact) mass is 440 g/mol. The van der Waals surface area contributed by atoms with Crippen LogP contribution in [0.25, 0.3) is 0 Å². The maximum Gasteiger partial charge on any atom is 0.161 e. The fourth-order valence-corrected chi connectivity index (χ4v) is 11.1. The van der Waals surface area contributed by atoms with Crippen LogP contribution in [-0.4, -0.2) is 17.0 Å². The Balaban J connectivity index is 1.56. The number of aliphatic hydroxyl groups is 1. The van der Waals surface area contributed by atoms with Crippen LogP contribution in [-0.2, 0) is 4.79 Å². The lowest BCUT2D eigenvalue weighted by molar-refractivity contribution is -0.248. The maximum absolute atomic E-state index is 13.3. The van der Waals surface area contributed by atoms with Gasteiger partial charge in [0, 0.05) is 5.41 Å². The molecule has 1 N–H and O–H groups in total. The van der Waals surface area contributed by atoms with E-state index in [1.807, 2.05) is 6.08 Å². The highest BCUT2D eigenvalue weighted by Gasteiger charge is 2.70. The fraction of sp³-hybridized carbons (Fsp3) is 0.900. The van der Waals surface area contributed by atoms with Gasteiger partial charge in [-0.3, -0.25) is 4.79 Å². The van der Waals surface area contributed by atoms with E-state index in [-0.39, 0.29) is 16.9 Å². The van der Waals surface area contributed by atoms with E-state index in [0.717, 1.165) is 18.8 Å². The van der Waals surface area contributed by atoms with E-state index >= 15 is 0 Å². The van der Waals surface area contributed by atoms with Crippen molar-refractivity contribution in [1.82, 2.24) is 0 Å². The SMILES string of the molecule is CC1=CC(=O)[C@]2(C)CC[C@]3(C)[C@H](CC[C@@H]4[C@@]5(C)CC[C@H](O)C(C)(C)[C@@H]5CC[C@]43C)[C@@H]2[C@@H]1C. The van der Waals surface area contributed by atoms with E-state index in [0.29, 0.717) is 45.7 Å². The van der Waals surface area contributed by atoms with Gasteiger partial charge in [0.25, 0.3) is 0 Å². The molecule has 0 aromatic heterocycles. The van der Waals surface area contributed by atoms with Crippen molar-refractivity contribution in [3.63, 3.8) is 0 Å². The molecule has 4 fully saturated rings. The molecule has 0 unspecified atom stereocenters. The zero-order valence-corrected chi connectivity index (χ0v) is 22.1. The highest BCUT2D eigenvalue weighted by molar-refractivity contribution is 5.96. The second-order valence-electron chi connectivity index (χ2n) is 14.5. The van der Waals surface area contributed by atoms with Gasteiger partial charge in [-0.2, -0.15) is 0 Å². The average Bonchev–Trinajstić information content (AvgIpc) is 2.71. The molecule has 0 bridgehead atoms. The minimum Gasteiger partial charge on any atom is -0.393 e. The van der Waals surface area contributed by atoms with Crippen molar-refractivity contribution in [1.29, 1.82) is 0 Å². The molecule has 0 radical (unpaired) electrons. The van der Waals surface area contributed by atoms with E-state index < -0.39 is 0 Å². The number of rotatable bonds is 0. The molecule has 0 spiro atoms. The summed E-state index contributed by atoms with van der Waals surface area (Å²) < 4.78 is 0. The molecule has 0 amide bonds.